The van der Waals surface area contributed by atoms with E-state index in [1.165, 1.54) is 0 Å². The smallest absolute Gasteiger partial charge is 0.277 e. The van der Waals surface area contributed by atoms with E-state index in [0.717, 1.165) is 11.1 Å². The summed E-state index contributed by atoms with van der Waals surface area (Å²) in [5.41, 5.74) is 3.05. The molecule has 3 aromatic rings. The number of halogens is 1. The molecule has 0 atom stereocenters. The number of phenolic OH excluding ortho intramolecular Hbond substituents is 1. The third-order valence-corrected chi connectivity index (χ3v) is 4.53. The van der Waals surface area contributed by atoms with E-state index in [2.05, 4.69) is 31.3 Å². The van der Waals surface area contributed by atoms with Crippen molar-refractivity contribution in [2.45, 2.75) is 26.7 Å². The molecule has 2 heterocycles. The summed E-state index contributed by atoms with van der Waals surface area (Å²) in [6.07, 6.45) is 3.37. The highest BCUT2D eigenvalue weighted by Gasteiger charge is 2.20. The highest BCUT2D eigenvalue weighted by molar-refractivity contribution is 9.10. The molecular weight excluding hydrogens is 372 g/mol. The Balaban J connectivity index is 1.97. The van der Waals surface area contributed by atoms with Crippen molar-refractivity contribution in [3.8, 4) is 5.75 Å². The van der Waals surface area contributed by atoms with Crippen molar-refractivity contribution < 1.29 is 9.90 Å². The van der Waals surface area contributed by atoms with Gasteiger partial charge < -0.3 is 10.4 Å². The fourth-order valence-electron chi connectivity index (χ4n) is 2.49. The van der Waals surface area contributed by atoms with Crippen molar-refractivity contribution in [2.24, 2.45) is 0 Å². The van der Waals surface area contributed by atoms with E-state index in [1.807, 2.05) is 20.8 Å². The second-order valence-corrected chi connectivity index (χ2v) is 6.68. The molecule has 0 aliphatic heterocycles. The van der Waals surface area contributed by atoms with Crippen LogP contribution in [0.5, 0.6) is 5.75 Å². The van der Waals surface area contributed by atoms with Gasteiger partial charge in [-0.05, 0) is 58.1 Å². The van der Waals surface area contributed by atoms with Crippen LogP contribution in [0.1, 0.15) is 41.4 Å². The fraction of sp³-hybridized carbons (Fsp3) is 0.235. The molecule has 2 aromatic heterocycles. The van der Waals surface area contributed by atoms with Crippen LogP contribution in [0.4, 0.5) is 5.69 Å². The molecule has 3 rings (SSSR count). The summed E-state index contributed by atoms with van der Waals surface area (Å²) in [6.45, 7) is 5.81. The lowest BCUT2D eigenvalue weighted by Gasteiger charge is -2.14. The number of hydrogen-bond donors (Lipinski definition) is 2. The number of carbonyl (C=O) groups excluding carboxylic acids is 1. The van der Waals surface area contributed by atoms with E-state index >= 15 is 0 Å². The number of aromatic nitrogens is 3. The molecule has 24 heavy (non-hydrogen) atoms. The zero-order valence-electron chi connectivity index (χ0n) is 13.5. The number of rotatable bonds is 3. The minimum Gasteiger partial charge on any atom is -0.508 e. The van der Waals surface area contributed by atoms with E-state index < -0.39 is 0 Å². The zero-order chi connectivity index (χ0) is 17.4. The van der Waals surface area contributed by atoms with Crippen LogP contribution in [-0.2, 0) is 0 Å². The van der Waals surface area contributed by atoms with Gasteiger partial charge in [0.15, 0.2) is 11.3 Å². The van der Waals surface area contributed by atoms with Crippen LogP contribution in [0.25, 0.3) is 5.65 Å². The predicted molar refractivity (Wildman–Crippen MR) is 95.6 cm³/mol. The second-order valence-electron chi connectivity index (χ2n) is 5.89. The van der Waals surface area contributed by atoms with Crippen LogP contribution >= 0.6 is 15.9 Å². The maximum absolute atomic E-state index is 12.6. The summed E-state index contributed by atoms with van der Waals surface area (Å²) in [4.78, 5) is 16.8. The fourth-order valence-corrected chi connectivity index (χ4v) is 3.04. The van der Waals surface area contributed by atoms with Crippen LogP contribution in [0, 0.1) is 6.92 Å². The van der Waals surface area contributed by atoms with Crippen molar-refractivity contribution in [2.75, 3.05) is 5.32 Å². The quantitative estimate of drug-likeness (QED) is 0.667. The summed E-state index contributed by atoms with van der Waals surface area (Å²) in [5.74, 6) is 0.0434. The molecule has 1 amide bonds. The monoisotopic (exact) mass is 388 g/mol. The van der Waals surface area contributed by atoms with E-state index in [-0.39, 0.29) is 23.3 Å². The van der Waals surface area contributed by atoms with E-state index in [1.54, 1.807) is 35.1 Å². The Hall–Kier alpha value is -2.41. The minimum absolute atomic E-state index is 0.146. The van der Waals surface area contributed by atoms with Crippen LogP contribution in [0.2, 0.25) is 0 Å². The van der Waals surface area contributed by atoms with Gasteiger partial charge in [-0.2, -0.15) is 5.10 Å². The Kier molecular flexibility index (Phi) is 4.28. The molecule has 0 saturated carbocycles. The molecule has 6 nitrogen and oxygen atoms in total. The Labute approximate surface area is 147 Å². The standard InChI is InChI=1S/C17H17BrN4O2/c1-9(2)11-8-12(10(3)7-13(11)23)20-17(24)15-14(18)16-19-5-4-6-22(16)21-15/h4-9,23H,1-3H3,(H,20,24). The number of benzene rings is 1. The number of hydrogen-bond acceptors (Lipinski definition) is 4. The van der Waals surface area contributed by atoms with Crippen molar-refractivity contribution in [3.63, 3.8) is 0 Å². The molecule has 0 bridgehead atoms. The maximum atomic E-state index is 12.6. The SMILES string of the molecule is Cc1cc(O)c(C(C)C)cc1NC(=O)c1nn2cccnc2c1Br. The lowest BCUT2D eigenvalue weighted by molar-refractivity contribution is 0.102. The Morgan fingerprint density at radius 1 is 1.38 bits per heavy atom. The Morgan fingerprint density at radius 2 is 2.12 bits per heavy atom. The van der Waals surface area contributed by atoms with E-state index in [4.69, 9.17) is 0 Å². The molecule has 124 valence electrons. The van der Waals surface area contributed by atoms with Crippen molar-refractivity contribution in [1.29, 1.82) is 0 Å². The largest absolute Gasteiger partial charge is 0.508 e. The lowest BCUT2D eigenvalue weighted by Crippen LogP contribution is -2.14. The average Bonchev–Trinajstić information content (AvgIpc) is 2.87. The number of fused-ring (bicyclic) bond motifs is 1. The first-order chi connectivity index (χ1) is 11.4. The van der Waals surface area contributed by atoms with Crippen LogP contribution < -0.4 is 5.32 Å². The van der Waals surface area contributed by atoms with Gasteiger partial charge in [-0.25, -0.2) is 9.50 Å². The van der Waals surface area contributed by atoms with Crippen LogP contribution in [0.3, 0.4) is 0 Å². The summed E-state index contributed by atoms with van der Waals surface area (Å²) < 4.78 is 2.09. The van der Waals surface area contributed by atoms with Crippen LogP contribution in [-0.4, -0.2) is 25.6 Å². The number of phenols is 1. The van der Waals surface area contributed by atoms with Crippen molar-refractivity contribution in [1.82, 2.24) is 14.6 Å². The second kappa shape index (κ2) is 6.24. The van der Waals surface area contributed by atoms with Gasteiger partial charge in [0.25, 0.3) is 5.91 Å². The summed E-state index contributed by atoms with van der Waals surface area (Å²) in [6, 6.07) is 5.20. The normalized spacial score (nSPS) is 11.2. The van der Waals surface area contributed by atoms with E-state index in [0.29, 0.717) is 15.8 Å². The molecular formula is C17H17BrN4O2. The number of amides is 1. The molecule has 2 N–H and O–H groups in total. The number of nitrogens with zero attached hydrogens (tertiary/aromatic N) is 3. The van der Waals surface area contributed by atoms with E-state index in [9.17, 15) is 9.90 Å². The summed E-state index contributed by atoms with van der Waals surface area (Å²) in [7, 11) is 0. The molecule has 7 heteroatoms. The molecule has 0 radical (unpaired) electrons. The Morgan fingerprint density at radius 3 is 2.79 bits per heavy atom. The zero-order valence-corrected chi connectivity index (χ0v) is 15.1. The van der Waals surface area contributed by atoms with Gasteiger partial charge in [0.1, 0.15) is 5.75 Å². The molecule has 0 aliphatic rings. The molecule has 0 aliphatic carbocycles. The number of aromatic hydroxyl groups is 1. The number of nitrogens with one attached hydrogen (secondary N) is 1. The maximum Gasteiger partial charge on any atom is 0.277 e. The van der Waals surface area contributed by atoms with Crippen molar-refractivity contribution in [3.05, 3.63) is 51.9 Å². The first-order valence-electron chi connectivity index (χ1n) is 7.52. The number of anilines is 1. The van der Waals surface area contributed by atoms with Gasteiger partial charge in [0, 0.05) is 18.1 Å². The molecule has 0 fully saturated rings. The first-order valence-corrected chi connectivity index (χ1v) is 8.31. The topological polar surface area (TPSA) is 79.5 Å². The molecule has 1 aromatic carbocycles. The summed E-state index contributed by atoms with van der Waals surface area (Å²) in [5, 5.41) is 17.2. The highest BCUT2D eigenvalue weighted by atomic mass is 79.9. The van der Waals surface area contributed by atoms with Crippen LogP contribution in [0.15, 0.2) is 35.1 Å². The third kappa shape index (κ3) is 2.87. The van der Waals surface area contributed by atoms with Gasteiger partial charge in [-0.3, -0.25) is 4.79 Å². The van der Waals surface area contributed by atoms with Gasteiger partial charge >= 0.3 is 0 Å². The molecule has 0 unspecified atom stereocenters. The number of carbonyl (C=O) groups is 1. The predicted octanol–water partition coefficient (Wildman–Crippen LogP) is 3.88. The first kappa shape index (κ1) is 16.4. The van der Waals surface area contributed by atoms with Gasteiger partial charge in [-0.15, -0.1) is 0 Å². The van der Waals surface area contributed by atoms with Crippen molar-refractivity contribution >= 4 is 33.2 Å². The molecule has 0 saturated heterocycles. The highest BCUT2D eigenvalue weighted by Crippen LogP contribution is 2.31. The van der Waals surface area contributed by atoms with Gasteiger partial charge in [0.2, 0.25) is 0 Å². The Bertz CT molecular complexity index is 934. The summed E-state index contributed by atoms with van der Waals surface area (Å²) >= 11 is 3.39. The van der Waals surface area contributed by atoms with Gasteiger partial charge in [-0.1, -0.05) is 13.8 Å². The van der Waals surface area contributed by atoms with Gasteiger partial charge in [0.05, 0.1) is 4.47 Å². The average molecular weight is 389 g/mol. The minimum atomic E-state index is -0.337. The molecule has 0 spiro atoms. The number of aryl methyl sites for hydroxylation is 1. The lowest BCUT2D eigenvalue weighted by atomic mass is 9.99. The third-order valence-electron chi connectivity index (χ3n) is 3.80.